The number of ether oxygens (including phenoxy) is 1. The Morgan fingerprint density at radius 2 is 2.07 bits per heavy atom. The molecule has 134 valence electrons. The van der Waals surface area contributed by atoms with Gasteiger partial charge in [-0.15, -0.1) is 11.3 Å². The van der Waals surface area contributed by atoms with Gasteiger partial charge >= 0.3 is 0 Å². The molecule has 3 nitrogen and oxygen atoms in total. The van der Waals surface area contributed by atoms with Crippen molar-refractivity contribution in [1.82, 2.24) is 4.98 Å². The zero-order valence-corrected chi connectivity index (χ0v) is 16.6. The van der Waals surface area contributed by atoms with E-state index in [-0.39, 0.29) is 6.10 Å². The molecule has 0 bridgehead atoms. The molecule has 0 atom stereocenters. The second kappa shape index (κ2) is 8.41. The number of aromatic nitrogens is 1. The second-order valence-corrected chi connectivity index (χ2v) is 7.55. The molecular weight excluding hydrogens is 351 g/mol. The second-order valence-electron chi connectivity index (χ2n) is 6.52. The summed E-state index contributed by atoms with van der Waals surface area (Å²) in [5.74, 6) is 0.608. The molecule has 0 aliphatic heterocycles. The third-order valence-electron chi connectivity index (χ3n) is 4.33. The van der Waals surface area contributed by atoms with Crippen LogP contribution < -0.4 is 4.74 Å². The summed E-state index contributed by atoms with van der Waals surface area (Å²) in [4.78, 5) is 5.71. The molecule has 0 unspecified atom stereocenters. The molecule has 3 rings (SSSR count). The van der Waals surface area contributed by atoms with Gasteiger partial charge in [-0.05, 0) is 49.6 Å². The average molecular weight is 372 g/mol. The molecule has 27 heavy (non-hydrogen) atoms. The molecule has 0 aliphatic rings. The van der Waals surface area contributed by atoms with Gasteiger partial charge in [-0.2, -0.15) is 5.26 Å². The number of nitrogens with zero attached hydrogens (tertiary/aromatic N) is 2. The lowest BCUT2D eigenvalue weighted by Crippen LogP contribution is -2.06. The molecule has 2 aromatic carbocycles. The Balaban J connectivity index is 1.99. The zero-order chi connectivity index (χ0) is 19.4. The monoisotopic (exact) mass is 372 g/mol. The highest BCUT2D eigenvalue weighted by molar-refractivity contribution is 7.18. The highest BCUT2D eigenvalue weighted by atomic mass is 32.1. The molecule has 3 aromatic rings. The largest absolute Gasteiger partial charge is 0.490 e. The van der Waals surface area contributed by atoms with Crippen molar-refractivity contribution in [3.05, 3.63) is 59.3 Å². The summed E-state index contributed by atoms with van der Waals surface area (Å²) in [7, 11) is 5.90. The molecular formula is C22H21BN2OS. The molecule has 0 spiro atoms. The first-order chi connectivity index (χ1) is 13.1. The standard InChI is InChI=1S/C22H21BN2OS/c1-4-18-16(11-23)6-5-7-19(18)21-13-25-22(27-21)15-8-9-20(26-14(2)3)17(10-15)12-24/h5-10,13-14H,4,11H2,1-3H3. The number of thiazole rings is 1. The maximum Gasteiger partial charge on any atom is 0.137 e. The maximum atomic E-state index is 9.45. The summed E-state index contributed by atoms with van der Waals surface area (Å²) in [6.07, 6.45) is 3.39. The van der Waals surface area contributed by atoms with Gasteiger partial charge < -0.3 is 4.74 Å². The number of hydrogen-bond acceptors (Lipinski definition) is 4. The molecule has 1 heterocycles. The van der Waals surface area contributed by atoms with Gasteiger partial charge in [0.05, 0.1) is 24.4 Å². The molecule has 0 saturated heterocycles. The van der Waals surface area contributed by atoms with E-state index >= 15 is 0 Å². The third-order valence-corrected chi connectivity index (χ3v) is 5.41. The quantitative estimate of drug-likeness (QED) is 0.547. The van der Waals surface area contributed by atoms with Crippen LogP contribution in [0, 0.1) is 11.3 Å². The van der Waals surface area contributed by atoms with Gasteiger partial charge in [-0.1, -0.05) is 37.0 Å². The van der Waals surface area contributed by atoms with Gasteiger partial charge in [-0.25, -0.2) is 4.98 Å². The Hall–Kier alpha value is -2.58. The zero-order valence-electron chi connectivity index (χ0n) is 15.8. The maximum absolute atomic E-state index is 9.45. The van der Waals surface area contributed by atoms with Crippen molar-refractivity contribution in [2.75, 3.05) is 0 Å². The van der Waals surface area contributed by atoms with Crippen molar-refractivity contribution >= 4 is 19.2 Å². The van der Waals surface area contributed by atoms with Crippen LogP contribution in [0.3, 0.4) is 0 Å². The predicted octanol–water partition coefficient (Wildman–Crippen LogP) is 5.37. The first-order valence-corrected chi connectivity index (χ1v) is 9.87. The van der Waals surface area contributed by atoms with Crippen molar-refractivity contribution in [1.29, 1.82) is 5.26 Å². The van der Waals surface area contributed by atoms with Crippen LogP contribution in [0.4, 0.5) is 0 Å². The number of hydrogen-bond donors (Lipinski definition) is 0. The van der Waals surface area contributed by atoms with Gasteiger partial charge in [0.15, 0.2) is 0 Å². The minimum Gasteiger partial charge on any atom is -0.490 e. The van der Waals surface area contributed by atoms with Gasteiger partial charge in [0.2, 0.25) is 0 Å². The summed E-state index contributed by atoms with van der Waals surface area (Å²) < 4.78 is 5.71. The van der Waals surface area contributed by atoms with E-state index in [1.165, 1.54) is 16.7 Å². The highest BCUT2D eigenvalue weighted by Gasteiger charge is 2.14. The van der Waals surface area contributed by atoms with E-state index in [4.69, 9.17) is 12.6 Å². The van der Waals surface area contributed by atoms with E-state index in [2.05, 4.69) is 30.1 Å². The molecule has 1 aromatic heterocycles. The van der Waals surface area contributed by atoms with Crippen molar-refractivity contribution in [2.24, 2.45) is 0 Å². The molecule has 5 heteroatoms. The molecule has 0 fully saturated rings. The van der Waals surface area contributed by atoms with Gasteiger partial charge in [0, 0.05) is 11.8 Å². The van der Waals surface area contributed by atoms with Crippen molar-refractivity contribution in [3.8, 4) is 32.8 Å². The van der Waals surface area contributed by atoms with Crippen LogP contribution in [-0.2, 0) is 12.7 Å². The van der Waals surface area contributed by atoms with Gasteiger partial charge in [0.25, 0.3) is 0 Å². The summed E-state index contributed by atoms with van der Waals surface area (Å²) >= 11 is 1.62. The fraction of sp³-hybridized carbons (Fsp3) is 0.273. The molecule has 0 amide bonds. The Kier molecular flexibility index (Phi) is 5.98. The first kappa shape index (κ1) is 19.2. The van der Waals surface area contributed by atoms with E-state index in [0.29, 0.717) is 17.6 Å². The predicted molar refractivity (Wildman–Crippen MR) is 112 cm³/mol. The Labute approximate surface area is 166 Å². The van der Waals surface area contributed by atoms with Crippen LogP contribution in [0.1, 0.15) is 37.5 Å². The topological polar surface area (TPSA) is 45.9 Å². The Morgan fingerprint density at radius 1 is 1.26 bits per heavy atom. The number of benzene rings is 2. The van der Waals surface area contributed by atoms with Crippen LogP contribution in [0.2, 0.25) is 0 Å². The van der Waals surface area contributed by atoms with E-state index in [0.717, 1.165) is 21.9 Å². The number of nitriles is 1. The number of rotatable bonds is 6. The summed E-state index contributed by atoms with van der Waals surface area (Å²) in [5, 5.41) is 10.3. The fourth-order valence-corrected chi connectivity index (χ4v) is 4.08. The van der Waals surface area contributed by atoms with Crippen molar-refractivity contribution in [2.45, 2.75) is 39.6 Å². The molecule has 2 radical (unpaired) electrons. The highest BCUT2D eigenvalue weighted by Crippen LogP contribution is 2.36. The van der Waals surface area contributed by atoms with E-state index < -0.39 is 0 Å². The summed E-state index contributed by atoms with van der Waals surface area (Å²) in [5.41, 5.74) is 5.08. The fourth-order valence-electron chi connectivity index (χ4n) is 3.11. The van der Waals surface area contributed by atoms with Gasteiger partial charge in [0.1, 0.15) is 16.8 Å². The Bertz CT molecular complexity index is 988. The van der Waals surface area contributed by atoms with E-state index in [9.17, 15) is 5.26 Å². The SMILES string of the molecule is [B]Cc1cccc(-c2cnc(-c3ccc(OC(C)C)c(C#N)c3)s2)c1CC. The van der Waals surface area contributed by atoms with Crippen LogP contribution in [0.5, 0.6) is 5.75 Å². The van der Waals surface area contributed by atoms with Gasteiger partial charge in [-0.3, -0.25) is 0 Å². The average Bonchev–Trinajstić information content (AvgIpc) is 3.17. The lowest BCUT2D eigenvalue weighted by Gasteiger charge is -2.11. The van der Waals surface area contributed by atoms with Crippen molar-refractivity contribution < 1.29 is 4.74 Å². The minimum absolute atomic E-state index is 0.0247. The molecule has 0 saturated carbocycles. The van der Waals surface area contributed by atoms with Crippen molar-refractivity contribution in [3.63, 3.8) is 0 Å². The lowest BCUT2D eigenvalue weighted by atomic mass is 9.89. The van der Waals surface area contributed by atoms with Crippen LogP contribution in [-0.4, -0.2) is 18.9 Å². The first-order valence-electron chi connectivity index (χ1n) is 9.05. The van der Waals surface area contributed by atoms with E-state index in [1.807, 2.05) is 44.3 Å². The third kappa shape index (κ3) is 4.07. The summed E-state index contributed by atoms with van der Waals surface area (Å²) in [6, 6.07) is 14.1. The van der Waals surface area contributed by atoms with Crippen LogP contribution in [0.15, 0.2) is 42.6 Å². The normalized spacial score (nSPS) is 10.8. The Morgan fingerprint density at radius 3 is 2.74 bits per heavy atom. The molecule has 0 aliphatic carbocycles. The lowest BCUT2D eigenvalue weighted by molar-refractivity contribution is 0.242. The smallest absolute Gasteiger partial charge is 0.137 e. The minimum atomic E-state index is 0.0247. The van der Waals surface area contributed by atoms with Crippen LogP contribution in [0.25, 0.3) is 21.0 Å². The van der Waals surface area contributed by atoms with Crippen LogP contribution >= 0.6 is 11.3 Å². The summed E-state index contributed by atoms with van der Waals surface area (Å²) in [6.45, 7) is 6.04. The molecule has 0 N–H and O–H groups in total. The van der Waals surface area contributed by atoms with E-state index in [1.54, 1.807) is 11.3 Å².